The summed E-state index contributed by atoms with van der Waals surface area (Å²) < 4.78 is 14.9. The maximum atomic E-state index is 14.0. The van der Waals surface area contributed by atoms with Gasteiger partial charge in [0, 0.05) is 4.47 Å². The molecular formula is C34H31BrN2O3S. The number of hydrogen-bond acceptors (Lipinski definition) is 5. The first-order valence-corrected chi connectivity index (χ1v) is 15.6. The van der Waals surface area contributed by atoms with Gasteiger partial charge < -0.3 is 9.47 Å². The van der Waals surface area contributed by atoms with Crippen molar-refractivity contribution in [3.63, 3.8) is 0 Å². The van der Waals surface area contributed by atoms with Gasteiger partial charge in [0.05, 0.1) is 29.5 Å². The molecule has 1 aromatic heterocycles. The SMILES string of the molecule is CCOc1ccc(/C=C2/CCCC3=C2N=c2s/c(=C/c4cccc(Br)c4)c(=O)n2C3c2ccc(OCC)cc2)cc1. The van der Waals surface area contributed by atoms with Crippen LogP contribution in [-0.4, -0.2) is 17.8 Å². The molecule has 0 radical (unpaired) electrons. The highest BCUT2D eigenvalue weighted by atomic mass is 79.9. The fraction of sp³-hybridized carbons (Fsp3) is 0.235. The molecular weight excluding hydrogens is 596 g/mol. The first kappa shape index (κ1) is 27.5. The lowest BCUT2D eigenvalue weighted by Crippen LogP contribution is -2.39. The Balaban J connectivity index is 1.51. The van der Waals surface area contributed by atoms with Gasteiger partial charge >= 0.3 is 0 Å². The molecule has 1 atom stereocenters. The maximum Gasteiger partial charge on any atom is 0.271 e. The van der Waals surface area contributed by atoms with Crippen LogP contribution >= 0.6 is 27.3 Å². The third-order valence-electron chi connectivity index (χ3n) is 7.32. The Labute approximate surface area is 251 Å². The maximum absolute atomic E-state index is 14.0. The van der Waals surface area contributed by atoms with Crippen molar-refractivity contribution in [3.05, 3.63) is 130 Å². The van der Waals surface area contributed by atoms with Crippen LogP contribution in [0.5, 0.6) is 11.5 Å². The number of aromatic nitrogens is 1. The lowest BCUT2D eigenvalue weighted by Gasteiger charge is -2.31. The van der Waals surface area contributed by atoms with Gasteiger partial charge in [0.1, 0.15) is 11.5 Å². The second kappa shape index (κ2) is 12.0. The Morgan fingerprint density at radius 1 is 0.927 bits per heavy atom. The zero-order chi connectivity index (χ0) is 28.3. The Morgan fingerprint density at radius 2 is 1.63 bits per heavy atom. The van der Waals surface area contributed by atoms with E-state index in [1.807, 2.05) is 73.0 Å². The lowest BCUT2D eigenvalue weighted by atomic mass is 9.84. The molecule has 0 fully saturated rings. The summed E-state index contributed by atoms with van der Waals surface area (Å²) in [5.74, 6) is 1.69. The highest BCUT2D eigenvalue weighted by Gasteiger charge is 2.32. The predicted molar refractivity (Wildman–Crippen MR) is 169 cm³/mol. The van der Waals surface area contributed by atoms with Crippen molar-refractivity contribution in [3.8, 4) is 11.5 Å². The second-order valence-corrected chi connectivity index (χ2v) is 12.0. The highest BCUT2D eigenvalue weighted by molar-refractivity contribution is 9.10. The first-order valence-electron chi connectivity index (χ1n) is 14.0. The van der Waals surface area contributed by atoms with E-state index >= 15 is 0 Å². The largest absolute Gasteiger partial charge is 0.494 e. The van der Waals surface area contributed by atoms with Crippen LogP contribution in [0.15, 0.2) is 104 Å². The van der Waals surface area contributed by atoms with E-state index in [2.05, 4.69) is 46.3 Å². The van der Waals surface area contributed by atoms with E-state index in [4.69, 9.17) is 14.5 Å². The minimum Gasteiger partial charge on any atom is -0.494 e. The zero-order valence-corrected chi connectivity index (χ0v) is 25.5. The van der Waals surface area contributed by atoms with Crippen LogP contribution in [0.3, 0.4) is 0 Å². The van der Waals surface area contributed by atoms with Crippen LogP contribution in [0, 0.1) is 0 Å². The molecule has 0 saturated heterocycles. The Kier molecular flexibility index (Phi) is 8.08. The number of halogens is 1. The molecule has 2 heterocycles. The van der Waals surface area contributed by atoms with Gasteiger partial charge in [0.2, 0.25) is 0 Å². The van der Waals surface area contributed by atoms with E-state index in [0.29, 0.717) is 17.7 Å². The number of benzene rings is 3. The van der Waals surface area contributed by atoms with Crippen LogP contribution in [0.25, 0.3) is 12.2 Å². The minimum absolute atomic E-state index is 0.0122. The van der Waals surface area contributed by atoms with Crippen LogP contribution in [0.2, 0.25) is 0 Å². The highest BCUT2D eigenvalue weighted by Crippen LogP contribution is 2.41. The standard InChI is InChI=1S/C34H31BrN2O3S/c1-3-39-27-15-11-22(12-16-27)19-25-8-6-10-29-31(25)36-34-37(32(29)24-13-17-28(18-14-24)40-4-2)33(38)30(41-34)21-23-7-5-9-26(35)20-23/h5,7,9,11-21,32H,3-4,6,8,10H2,1-2H3/b25-19-,30-21+. The number of nitrogens with zero attached hydrogens (tertiary/aromatic N) is 2. The third kappa shape index (κ3) is 5.74. The van der Waals surface area contributed by atoms with E-state index in [1.54, 1.807) is 0 Å². The molecule has 0 amide bonds. The van der Waals surface area contributed by atoms with Gasteiger partial charge in [-0.15, -0.1) is 0 Å². The van der Waals surface area contributed by atoms with Crippen LogP contribution in [0.1, 0.15) is 55.8 Å². The summed E-state index contributed by atoms with van der Waals surface area (Å²) in [6.45, 7) is 5.23. The van der Waals surface area contributed by atoms with Gasteiger partial charge in [-0.2, -0.15) is 0 Å². The summed E-state index contributed by atoms with van der Waals surface area (Å²) >= 11 is 5.00. The molecule has 3 aromatic carbocycles. The van der Waals surface area contributed by atoms with E-state index in [1.165, 1.54) is 22.5 Å². The van der Waals surface area contributed by atoms with Crippen molar-refractivity contribution < 1.29 is 9.47 Å². The number of hydrogen-bond donors (Lipinski definition) is 0. The molecule has 0 N–H and O–H groups in total. The summed E-state index contributed by atoms with van der Waals surface area (Å²) in [5.41, 5.74) is 6.55. The van der Waals surface area contributed by atoms with Crippen LogP contribution in [0.4, 0.5) is 0 Å². The Morgan fingerprint density at radius 3 is 2.32 bits per heavy atom. The number of ether oxygens (including phenoxy) is 2. The molecule has 7 heteroatoms. The van der Waals surface area contributed by atoms with Gasteiger partial charge in [-0.25, -0.2) is 4.99 Å². The normalized spacial score (nSPS) is 17.7. The molecule has 6 rings (SSSR count). The van der Waals surface area contributed by atoms with Crippen molar-refractivity contribution in [2.45, 2.75) is 39.2 Å². The van der Waals surface area contributed by atoms with Crippen LogP contribution < -0.4 is 24.4 Å². The molecule has 2 aliphatic rings. The average molecular weight is 628 g/mol. The molecule has 1 unspecified atom stereocenters. The van der Waals surface area contributed by atoms with Gasteiger partial charge in [0.15, 0.2) is 4.80 Å². The predicted octanol–water partition coefficient (Wildman–Crippen LogP) is 7.04. The lowest BCUT2D eigenvalue weighted by molar-refractivity contribution is 0.340. The molecule has 41 heavy (non-hydrogen) atoms. The average Bonchev–Trinajstić information content (AvgIpc) is 3.28. The molecule has 0 bridgehead atoms. The van der Waals surface area contributed by atoms with Crippen molar-refractivity contribution in [1.29, 1.82) is 0 Å². The van der Waals surface area contributed by atoms with Crippen molar-refractivity contribution in [2.24, 2.45) is 4.99 Å². The number of thiazole rings is 1. The van der Waals surface area contributed by atoms with Crippen molar-refractivity contribution in [2.75, 3.05) is 13.2 Å². The molecule has 0 spiro atoms. The van der Waals surface area contributed by atoms with E-state index in [-0.39, 0.29) is 11.6 Å². The van der Waals surface area contributed by atoms with E-state index < -0.39 is 0 Å². The molecule has 0 saturated carbocycles. The topological polar surface area (TPSA) is 52.8 Å². The third-order valence-corrected chi connectivity index (χ3v) is 8.79. The molecule has 1 aliphatic heterocycles. The summed E-state index contributed by atoms with van der Waals surface area (Å²) in [4.78, 5) is 19.9. The fourth-order valence-corrected chi connectivity index (χ4v) is 6.96. The van der Waals surface area contributed by atoms with Gasteiger partial charge in [-0.3, -0.25) is 9.36 Å². The van der Waals surface area contributed by atoms with Crippen molar-refractivity contribution >= 4 is 39.4 Å². The number of allylic oxidation sites excluding steroid dienone is 2. The summed E-state index contributed by atoms with van der Waals surface area (Å²) in [7, 11) is 0. The molecule has 4 aromatic rings. The van der Waals surface area contributed by atoms with Gasteiger partial charge in [0.25, 0.3) is 5.56 Å². The van der Waals surface area contributed by atoms with E-state index in [9.17, 15) is 4.79 Å². The first-order chi connectivity index (χ1) is 20.0. The van der Waals surface area contributed by atoms with E-state index in [0.717, 1.165) is 62.4 Å². The zero-order valence-electron chi connectivity index (χ0n) is 23.1. The minimum atomic E-state index is -0.217. The number of rotatable bonds is 7. The summed E-state index contributed by atoms with van der Waals surface area (Å²) in [6.07, 6.45) is 7.04. The molecule has 1 aliphatic carbocycles. The number of fused-ring (bicyclic) bond motifs is 1. The second-order valence-electron chi connectivity index (χ2n) is 10.0. The van der Waals surface area contributed by atoms with Crippen LogP contribution in [-0.2, 0) is 0 Å². The fourth-order valence-electron chi connectivity index (χ4n) is 5.55. The summed E-state index contributed by atoms with van der Waals surface area (Å²) in [5, 5.41) is 0. The Bertz CT molecular complexity index is 1820. The van der Waals surface area contributed by atoms with Crippen molar-refractivity contribution in [1.82, 2.24) is 4.57 Å². The monoisotopic (exact) mass is 626 g/mol. The van der Waals surface area contributed by atoms with Gasteiger partial charge in [-0.1, -0.05) is 63.7 Å². The smallest absolute Gasteiger partial charge is 0.271 e. The summed E-state index contributed by atoms with van der Waals surface area (Å²) in [6, 6.07) is 24.1. The molecule has 5 nitrogen and oxygen atoms in total. The molecule has 208 valence electrons. The van der Waals surface area contributed by atoms with Gasteiger partial charge in [-0.05, 0) is 109 Å². The Hall–Kier alpha value is -3.68. The quantitative estimate of drug-likeness (QED) is 0.221.